The second kappa shape index (κ2) is 7.14. The van der Waals surface area contributed by atoms with Gasteiger partial charge in [0.2, 0.25) is 5.75 Å². The number of esters is 1. The number of nitro benzene ring substituents is 1. The van der Waals surface area contributed by atoms with Crippen molar-refractivity contribution in [1.29, 1.82) is 0 Å². The summed E-state index contributed by atoms with van der Waals surface area (Å²) in [6, 6.07) is 3.93. The maximum absolute atomic E-state index is 11.9. The molecule has 0 aliphatic rings. The van der Waals surface area contributed by atoms with E-state index in [0.29, 0.717) is 16.4 Å². The Kier molecular flexibility index (Phi) is 5.20. The Morgan fingerprint density at radius 2 is 2.17 bits per heavy atom. The van der Waals surface area contributed by atoms with Gasteiger partial charge in [-0.05, 0) is 25.1 Å². The summed E-state index contributed by atoms with van der Waals surface area (Å²) in [5, 5.41) is 15.5. The number of aryl methyl sites for hydroxylation is 2. The number of nitro groups is 1. The van der Waals surface area contributed by atoms with E-state index in [0.717, 1.165) is 6.08 Å². The largest absolute Gasteiger partial charge is 0.496 e. The number of ether oxygens (including phenoxy) is 2. The van der Waals surface area contributed by atoms with Crippen molar-refractivity contribution in [3.05, 3.63) is 50.8 Å². The van der Waals surface area contributed by atoms with Crippen LogP contribution >= 0.6 is 11.6 Å². The van der Waals surface area contributed by atoms with Crippen LogP contribution in [0.15, 0.2) is 24.3 Å². The minimum atomic E-state index is -0.775. The second-order valence-corrected chi connectivity index (χ2v) is 5.12. The molecular weight excluding hydrogens is 338 g/mol. The van der Waals surface area contributed by atoms with Crippen LogP contribution in [0, 0.1) is 17.0 Å². The number of rotatable bonds is 5. The first-order valence-electron chi connectivity index (χ1n) is 6.75. The van der Waals surface area contributed by atoms with Crippen LogP contribution in [0.5, 0.6) is 11.5 Å². The first-order valence-corrected chi connectivity index (χ1v) is 7.12. The topological polar surface area (TPSA) is 96.5 Å². The number of halogens is 1. The van der Waals surface area contributed by atoms with Crippen LogP contribution in [0.2, 0.25) is 5.15 Å². The van der Waals surface area contributed by atoms with Gasteiger partial charge in [-0.3, -0.25) is 14.8 Å². The number of aromatic nitrogens is 2. The van der Waals surface area contributed by atoms with Crippen LogP contribution in [-0.2, 0) is 11.8 Å². The second-order valence-electron chi connectivity index (χ2n) is 4.76. The molecule has 0 spiro atoms. The highest BCUT2D eigenvalue weighted by Gasteiger charge is 2.18. The smallest absolute Gasteiger partial charge is 0.336 e. The molecule has 0 unspecified atom stereocenters. The summed E-state index contributed by atoms with van der Waals surface area (Å²) < 4.78 is 11.4. The van der Waals surface area contributed by atoms with Crippen molar-refractivity contribution in [2.75, 3.05) is 7.11 Å². The fourth-order valence-electron chi connectivity index (χ4n) is 1.98. The normalized spacial score (nSPS) is 10.8. The molecule has 1 aromatic carbocycles. The summed E-state index contributed by atoms with van der Waals surface area (Å²) >= 11 is 6.05. The fourth-order valence-corrected chi connectivity index (χ4v) is 2.22. The molecule has 8 nitrogen and oxygen atoms in total. The van der Waals surface area contributed by atoms with Gasteiger partial charge in [-0.1, -0.05) is 11.6 Å². The average molecular weight is 352 g/mol. The molecule has 0 aliphatic heterocycles. The fraction of sp³-hybridized carbons (Fsp3) is 0.200. The molecule has 0 N–H and O–H groups in total. The molecule has 1 heterocycles. The van der Waals surface area contributed by atoms with Gasteiger partial charge in [0.05, 0.1) is 23.8 Å². The average Bonchev–Trinajstić information content (AvgIpc) is 2.78. The number of hydrogen-bond donors (Lipinski definition) is 0. The molecule has 9 heteroatoms. The molecule has 24 heavy (non-hydrogen) atoms. The van der Waals surface area contributed by atoms with E-state index in [1.54, 1.807) is 14.0 Å². The highest BCUT2D eigenvalue weighted by molar-refractivity contribution is 6.31. The van der Waals surface area contributed by atoms with Crippen molar-refractivity contribution in [2.45, 2.75) is 6.92 Å². The summed E-state index contributed by atoms with van der Waals surface area (Å²) in [7, 11) is 3.05. The van der Waals surface area contributed by atoms with Gasteiger partial charge in [0, 0.05) is 18.7 Å². The third-order valence-corrected chi connectivity index (χ3v) is 3.60. The van der Waals surface area contributed by atoms with Crippen molar-refractivity contribution in [3.63, 3.8) is 0 Å². The van der Waals surface area contributed by atoms with Gasteiger partial charge in [0.1, 0.15) is 10.9 Å². The minimum absolute atomic E-state index is 0.176. The van der Waals surface area contributed by atoms with E-state index in [1.165, 1.54) is 36.1 Å². The maximum Gasteiger partial charge on any atom is 0.336 e. The van der Waals surface area contributed by atoms with Gasteiger partial charge in [-0.25, -0.2) is 4.79 Å². The van der Waals surface area contributed by atoms with Crippen LogP contribution < -0.4 is 9.47 Å². The van der Waals surface area contributed by atoms with Crippen LogP contribution in [0.1, 0.15) is 11.3 Å². The number of hydrogen-bond acceptors (Lipinski definition) is 6. The zero-order chi connectivity index (χ0) is 17.9. The molecule has 0 bridgehead atoms. The van der Waals surface area contributed by atoms with Crippen LogP contribution in [0.3, 0.4) is 0 Å². The van der Waals surface area contributed by atoms with Crippen molar-refractivity contribution in [2.24, 2.45) is 7.05 Å². The Labute approximate surface area is 142 Å². The molecule has 0 amide bonds. The summed E-state index contributed by atoms with van der Waals surface area (Å²) in [6.07, 6.45) is 2.58. The molecule has 0 fully saturated rings. The molecule has 126 valence electrons. The standard InChI is InChI=1S/C15H14ClN3O5/c1-9-11(15(16)18(2)17-9)5-7-14(20)24-13-6-4-10(23-3)8-12(13)19(21)22/h4-8H,1-3H3/b7-5+. The lowest BCUT2D eigenvalue weighted by molar-refractivity contribution is -0.385. The summed E-state index contributed by atoms with van der Waals surface area (Å²) in [4.78, 5) is 22.3. The zero-order valence-electron chi connectivity index (χ0n) is 13.1. The van der Waals surface area contributed by atoms with E-state index in [9.17, 15) is 14.9 Å². The molecule has 0 saturated carbocycles. The van der Waals surface area contributed by atoms with Gasteiger partial charge in [-0.2, -0.15) is 5.10 Å². The summed E-state index contributed by atoms with van der Waals surface area (Å²) in [5.41, 5.74) is 0.842. The molecule has 0 saturated heterocycles. The van der Waals surface area contributed by atoms with E-state index in [-0.39, 0.29) is 17.2 Å². The predicted octanol–water partition coefficient (Wildman–Crippen LogP) is 2.92. The third-order valence-electron chi connectivity index (χ3n) is 3.16. The minimum Gasteiger partial charge on any atom is -0.496 e. The Balaban J connectivity index is 2.21. The maximum atomic E-state index is 11.9. The third kappa shape index (κ3) is 3.72. The highest BCUT2D eigenvalue weighted by atomic mass is 35.5. The van der Waals surface area contributed by atoms with Crippen LogP contribution in [0.25, 0.3) is 6.08 Å². The lowest BCUT2D eigenvalue weighted by Gasteiger charge is -2.04. The Hall–Kier alpha value is -2.87. The number of nitrogens with zero attached hydrogens (tertiary/aromatic N) is 3. The molecule has 1 aromatic heterocycles. The SMILES string of the molecule is COc1ccc(OC(=O)/C=C/c2c(C)nn(C)c2Cl)c([N+](=O)[O-])c1. The Bertz CT molecular complexity index is 829. The number of carbonyl (C=O) groups excluding carboxylic acids is 1. The zero-order valence-corrected chi connectivity index (χ0v) is 13.9. The van der Waals surface area contributed by atoms with E-state index in [2.05, 4.69) is 5.10 Å². The summed E-state index contributed by atoms with van der Waals surface area (Å²) in [6.45, 7) is 1.74. The molecule has 0 aliphatic carbocycles. The summed E-state index contributed by atoms with van der Waals surface area (Å²) in [5.74, 6) is -0.665. The predicted molar refractivity (Wildman–Crippen MR) is 87.3 cm³/mol. The number of methoxy groups -OCH3 is 1. The van der Waals surface area contributed by atoms with Crippen molar-refractivity contribution < 1.29 is 19.2 Å². The van der Waals surface area contributed by atoms with Gasteiger partial charge >= 0.3 is 11.7 Å². The van der Waals surface area contributed by atoms with Crippen molar-refractivity contribution in [1.82, 2.24) is 9.78 Å². The molecule has 0 atom stereocenters. The lowest BCUT2D eigenvalue weighted by atomic mass is 10.2. The van der Waals surface area contributed by atoms with Gasteiger partial charge in [-0.15, -0.1) is 0 Å². The first-order chi connectivity index (χ1) is 11.3. The van der Waals surface area contributed by atoms with Gasteiger partial charge in [0.15, 0.2) is 0 Å². The van der Waals surface area contributed by atoms with E-state index < -0.39 is 10.9 Å². The lowest BCUT2D eigenvalue weighted by Crippen LogP contribution is -2.06. The first kappa shape index (κ1) is 17.5. The Morgan fingerprint density at radius 3 is 2.71 bits per heavy atom. The van der Waals surface area contributed by atoms with E-state index in [1.807, 2.05) is 0 Å². The molecule has 0 radical (unpaired) electrons. The number of benzene rings is 1. The monoisotopic (exact) mass is 351 g/mol. The van der Waals surface area contributed by atoms with Gasteiger partial charge < -0.3 is 9.47 Å². The quantitative estimate of drug-likeness (QED) is 0.270. The van der Waals surface area contributed by atoms with Crippen LogP contribution in [0.4, 0.5) is 5.69 Å². The van der Waals surface area contributed by atoms with E-state index in [4.69, 9.17) is 21.1 Å². The van der Waals surface area contributed by atoms with E-state index >= 15 is 0 Å². The number of carbonyl (C=O) groups is 1. The van der Waals surface area contributed by atoms with Crippen molar-refractivity contribution >= 4 is 29.3 Å². The molecule has 2 aromatic rings. The van der Waals surface area contributed by atoms with Gasteiger partial charge in [0.25, 0.3) is 0 Å². The highest BCUT2D eigenvalue weighted by Crippen LogP contribution is 2.31. The van der Waals surface area contributed by atoms with Crippen molar-refractivity contribution in [3.8, 4) is 11.5 Å². The van der Waals surface area contributed by atoms with Crippen LogP contribution in [-0.4, -0.2) is 27.8 Å². The Morgan fingerprint density at radius 1 is 1.46 bits per heavy atom. The molecular formula is C15H14ClN3O5. The molecule has 2 rings (SSSR count).